The molecule has 0 bridgehead atoms. The number of hydrogen-bond donors (Lipinski definition) is 1. The molecule has 1 aromatic heterocycles. The number of hydrogen-bond acceptors (Lipinski definition) is 5. The lowest BCUT2D eigenvalue weighted by Gasteiger charge is -2.43. The predicted molar refractivity (Wildman–Crippen MR) is 99.1 cm³/mol. The highest BCUT2D eigenvalue weighted by atomic mass is 16.6. The summed E-state index contributed by atoms with van der Waals surface area (Å²) < 4.78 is 12.7. The average molecular weight is 358 g/mol. The van der Waals surface area contributed by atoms with Crippen LogP contribution in [0.25, 0.3) is 0 Å². The zero-order valence-electron chi connectivity index (χ0n) is 15.7. The summed E-state index contributed by atoms with van der Waals surface area (Å²) in [5.41, 5.74) is 7.05. The van der Waals surface area contributed by atoms with Gasteiger partial charge in [0.15, 0.2) is 0 Å². The van der Waals surface area contributed by atoms with Gasteiger partial charge in [-0.25, -0.2) is 4.79 Å². The molecule has 26 heavy (non-hydrogen) atoms. The maximum absolute atomic E-state index is 12.2. The Kier molecular flexibility index (Phi) is 4.80. The molecule has 1 amide bonds. The van der Waals surface area contributed by atoms with Gasteiger partial charge in [0.25, 0.3) is 0 Å². The molecule has 0 radical (unpaired) electrons. The molecule has 0 aliphatic carbocycles. The van der Waals surface area contributed by atoms with E-state index in [1.165, 1.54) is 0 Å². The lowest BCUT2D eigenvalue weighted by atomic mass is 9.87. The first-order chi connectivity index (χ1) is 12.3. The van der Waals surface area contributed by atoms with Crippen LogP contribution < -0.4 is 10.5 Å². The molecule has 2 heterocycles. The lowest BCUT2D eigenvalue weighted by Crippen LogP contribution is -2.54. The molecule has 3 rings (SSSR count). The smallest absolute Gasteiger partial charge is 0.410 e. The first-order valence-electron chi connectivity index (χ1n) is 8.68. The van der Waals surface area contributed by atoms with E-state index in [0.717, 1.165) is 11.3 Å². The van der Waals surface area contributed by atoms with E-state index in [2.05, 4.69) is 5.10 Å². The van der Waals surface area contributed by atoms with E-state index in [1.807, 2.05) is 55.9 Å². The average Bonchev–Trinajstić information content (AvgIpc) is 2.94. The van der Waals surface area contributed by atoms with Gasteiger partial charge in [0.05, 0.1) is 25.0 Å². The van der Waals surface area contributed by atoms with Crippen molar-refractivity contribution in [2.75, 3.05) is 25.9 Å². The van der Waals surface area contributed by atoms with Crippen LogP contribution in [0.3, 0.4) is 0 Å². The Morgan fingerprint density at radius 3 is 2.65 bits per heavy atom. The number of ether oxygens (including phenoxy) is 2. The van der Waals surface area contributed by atoms with Crippen LogP contribution in [0.2, 0.25) is 0 Å². The molecule has 1 atom stereocenters. The molecule has 2 N–H and O–H groups in total. The molecule has 0 saturated carbocycles. The summed E-state index contributed by atoms with van der Waals surface area (Å²) in [5, 5.41) is 4.40. The molecule has 7 nitrogen and oxygen atoms in total. The van der Waals surface area contributed by atoms with Gasteiger partial charge in [-0.2, -0.15) is 5.10 Å². The number of amides is 1. The SMILES string of the molecule is COc1cccc(C(C2CN(C(=O)OC(C)(C)C)C2)n2cc(N)cn2)c1. The molecule has 1 fully saturated rings. The molecule has 1 aromatic carbocycles. The number of likely N-dealkylation sites (tertiary alicyclic amines) is 1. The number of carbonyl (C=O) groups is 1. The third-order valence-electron chi connectivity index (χ3n) is 4.35. The number of nitrogens with zero attached hydrogens (tertiary/aromatic N) is 3. The maximum Gasteiger partial charge on any atom is 0.410 e. The quantitative estimate of drug-likeness (QED) is 0.909. The van der Waals surface area contributed by atoms with E-state index in [9.17, 15) is 4.79 Å². The van der Waals surface area contributed by atoms with Crippen LogP contribution >= 0.6 is 0 Å². The summed E-state index contributed by atoms with van der Waals surface area (Å²) in [6.07, 6.45) is 3.18. The standard InChI is InChI=1S/C19H26N4O3/c1-19(2,3)26-18(24)22-10-14(11-22)17(23-12-15(20)9-21-23)13-6-5-7-16(8-13)25-4/h5-9,12,14,17H,10-11,20H2,1-4H3. The monoisotopic (exact) mass is 358 g/mol. The van der Waals surface area contributed by atoms with Gasteiger partial charge in [0, 0.05) is 25.2 Å². The number of nitrogen functional groups attached to an aromatic ring is 1. The maximum atomic E-state index is 12.2. The van der Waals surface area contributed by atoms with E-state index in [-0.39, 0.29) is 18.1 Å². The Bertz CT molecular complexity index is 775. The first-order valence-corrected chi connectivity index (χ1v) is 8.68. The number of nitrogens with two attached hydrogens (primary N) is 1. The summed E-state index contributed by atoms with van der Waals surface area (Å²) in [4.78, 5) is 13.9. The van der Waals surface area contributed by atoms with E-state index in [0.29, 0.717) is 18.8 Å². The Balaban J connectivity index is 1.79. The van der Waals surface area contributed by atoms with Crippen LogP contribution in [0, 0.1) is 5.92 Å². The highest BCUT2D eigenvalue weighted by molar-refractivity contribution is 5.69. The van der Waals surface area contributed by atoms with Crippen LogP contribution in [0.5, 0.6) is 5.75 Å². The van der Waals surface area contributed by atoms with Crippen molar-refractivity contribution in [1.29, 1.82) is 0 Å². The minimum absolute atomic E-state index is 0.0268. The number of benzene rings is 1. The third-order valence-corrected chi connectivity index (χ3v) is 4.35. The molecule has 1 saturated heterocycles. The van der Waals surface area contributed by atoms with Crippen LogP contribution in [-0.4, -0.2) is 46.6 Å². The van der Waals surface area contributed by atoms with Gasteiger partial charge in [0.1, 0.15) is 11.4 Å². The third kappa shape index (κ3) is 3.92. The van der Waals surface area contributed by atoms with Gasteiger partial charge in [-0.15, -0.1) is 0 Å². The lowest BCUT2D eigenvalue weighted by molar-refractivity contribution is -0.00750. The molecule has 2 aromatic rings. The topological polar surface area (TPSA) is 82.6 Å². The summed E-state index contributed by atoms with van der Waals surface area (Å²) in [6, 6.07) is 7.88. The van der Waals surface area contributed by atoms with E-state index in [4.69, 9.17) is 15.2 Å². The van der Waals surface area contributed by atoms with Gasteiger partial charge in [-0.05, 0) is 38.5 Å². The van der Waals surface area contributed by atoms with Gasteiger partial charge in [0.2, 0.25) is 0 Å². The molecule has 7 heteroatoms. The van der Waals surface area contributed by atoms with Crippen molar-refractivity contribution < 1.29 is 14.3 Å². The van der Waals surface area contributed by atoms with Crippen molar-refractivity contribution in [2.24, 2.45) is 5.92 Å². The Morgan fingerprint density at radius 2 is 2.08 bits per heavy atom. The first kappa shape index (κ1) is 18.1. The van der Waals surface area contributed by atoms with Crippen LogP contribution in [0.1, 0.15) is 32.4 Å². The zero-order chi connectivity index (χ0) is 18.9. The molecule has 140 valence electrons. The van der Waals surface area contributed by atoms with Crippen molar-refractivity contribution in [2.45, 2.75) is 32.4 Å². The van der Waals surface area contributed by atoms with E-state index in [1.54, 1.807) is 18.2 Å². The predicted octanol–water partition coefficient (Wildman–Crippen LogP) is 2.93. The second-order valence-corrected chi connectivity index (χ2v) is 7.62. The van der Waals surface area contributed by atoms with E-state index >= 15 is 0 Å². The molecule has 1 aliphatic rings. The summed E-state index contributed by atoms with van der Waals surface area (Å²) in [5.74, 6) is 1.00. The van der Waals surface area contributed by atoms with Crippen molar-refractivity contribution >= 4 is 11.8 Å². The second kappa shape index (κ2) is 6.90. The summed E-state index contributed by atoms with van der Waals surface area (Å²) in [6.45, 7) is 6.82. The number of methoxy groups -OCH3 is 1. The number of aromatic nitrogens is 2. The van der Waals surface area contributed by atoms with Crippen LogP contribution in [0.4, 0.5) is 10.5 Å². The van der Waals surface area contributed by atoms with Crippen LogP contribution in [-0.2, 0) is 4.74 Å². The number of anilines is 1. The molecule has 0 spiro atoms. The fourth-order valence-electron chi connectivity index (χ4n) is 3.16. The molecule has 1 unspecified atom stereocenters. The highest BCUT2D eigenvalue weighted by Crippen LogP contribution is 2.35. The van der Waals surface area contributed by atoms with Gasteiger partial charge in [-0.3, -0.25) is 4.68 Å². The van der Waals surface area contributed by atoms with Crippen LogP contribution in [0.15, 0.2) is 36.7 Å². The highest BCUT2D eigenvalue weighted by Gasteiger charge is 2.40. The Hall–Kier alpha value is -2.70. The van der Waals surface area contributed by atoms with Gasteiger partial charge < -0.3 is 20.1 Å². The van der Waals surface area contributed by atoms with E-state index < -0.39 is 5.60 Å². The summed E-state index contributed by atoms with van der Waals surface area (Å²) in [7, 11) is 1.65. The molecule has 1 aliphatic heterocycles. The minimum atomic E-state index is -0.495. The Morgan fingerprint density at radius 1 is 1.35 bits per heavy atom. The number of rotatable bonds is 4. The normalized spacial score (nSPS) is 16.1. The molecular formula is C19H26N4O3. The van der Waals surface area contributed by atoms with Crippen molar-refractivity contribution in [3.05, 3.63) is 42.2 Å². The fourth-order valence-corrected chi connectivity index (χ4v) is 3.16. The zero-order valence-corrected chi connectivity index (χ0v) is 15.7. The van der Waals surface area contributed by atoms with Gasteiger partial charge >= 0.3 is 6.09 Å². The summed E-state index contributed by atoms with van der Waals surface area (Å²) >= 11 is 0. The number of carbonyl (C=O) groups excluding carboxylic acids is 1. The second-order valence-electron chi connectivity index (χ2n) is 7.62. The Labute approximate surface area is 153 Å². The van der Waals surface area contributed by atoms with Crippen molar-refractivity contribution in [1.82, 2.24) is 14.7 Å². The van der Waals surface area contributed by atoms with Gasteiger partial charge in [-0.1, -0.05) is 12.1 Å². The minimum Gasteiger partial charge on any atom is -0.497 e. The van der Waals surface area contributed by atoms with Crippen molar-refractivity contribution in [3.8, 4) is 5.75 Å². The largest absolute Gasteiger partial charge is 0.497 e. The fraction of sp³-hybridized carbons (Fsp3) is 0.474. The molecular weight excluding hydrogens is 332 g/mol. The van der Waals surface area contributed by atoms with Crippen molar-refractivity contribution in [3.63, 3.8) is 0 Å².